The molecule has 33 heavy (non-hydrogen) atoms. The van der Waals surface area contributed by atoms with Crippen molar-refractivity contribution in [2.45, 2.75) is 56.9 Å². The highest BCUT2D eigenvalue weighted by Crippen LogP contribution is 2.37. The summed E-state index contributed by atoms with van der Waals surface area (Å²) >= 11 is 0. The summed E-state index contributed by atoms with van der Waals surface area (Å²) in [5.41, 5.74) is 3.38. The van der Waals surface area contributed by atoms with Crippen LogP contribution in [0.15, 0.2) is 91.0 Å². The van der Waals surface area contributed by atoms with E-state index >= 15 is 0 Å². The molecule has 5 rings (SSSR count). The first-order chi connectivity index (χ1) is 16.3. The molecule has 0 radical (unpaired) electrons. The summed E-state index contributed by atoms with van der Waals surface area (Å²) in [5, 5.41) is 0. The second-order valence-corrected chi connectivity index (χ2v) is 8.55. The van der Waals surface area contributed by atoms with Crippen LogP contribution in [0.25, 0.3) is 0 Å². The van der Waals surface area contributed by atoms with Crippen molar-refractivity contribution >= 4 is 0 Å². The number of epoxide rings is 1. The predicted molar refractivity (Wildman–Crippen MR) is 124 cm³/mol. The molecule has 5 nitrogen and oxygen atoms in total. The van der Waals surface area contributed by atoms with E-state index in [9.17, 15) is 0 Å². The van der Waals surface area contributed by atoms with Crippen LogP contribution in [-0.2, 0) is 43.5 Å². The lowest BCUT2D eigenvalue weighted by Crippen LogP contribution is -2.44. The average molecular weight is 447 g/mol. The van der Waals surface area contributed by atoms with Crippen molar-refractivity contribution in [1.82, 2.24) is 0 Å². The van der Waals surface area contributed by atoms with Gasteiger partial charge in [0, 0.05) is 6.42 Å². The molecule has 2 aliphatic rings. The third kappa shape index (κ3) is 6.28. The Morgan fingerprint density at radius 2 is 1.18 bits per heavy atom. The first-order valence-corrected chi connectivity index (χ1v) is 11.6. The van der Waals surface area contributed by atoms with Gasteiger partial charge in [0.05, 0.1) is 32.5 Å². The van der Waals surface area contributed by atoms with Crippen molar-refractivity contribution in [3.8, 4) is 0 Å². The summed E-state index contributed by atoms with van der Waals surface area (Å²) in [6.45, 7) is 1.94. The van der Waals surface area contributed by atoms with Gasteiger partial charge < -0.3 is 23.7 Å². The van der Waals surface area contributed by atoms with Crippen molar-refractivity contribution in [2.75, 3.05) is 6.61 Å². The van der Waals surface area contributed by atoms with Gasteiger partial charge in [0.25, 0.3) is 0 Å². The Hall–Kier alpha value is -2.54. The van der Waals surface area contributed by atoms with Gasteiger partial charge in [0.1, 0.15) is 18.3 Å². The van der Waals surface area contributed by atoms with Gasteiger partial charge in [0.15, 0.2) is 6.29 Å². The zero-order valence-electron chi connectivity index (χ0n) is 18.6. The Morgan fingerprint density at radius 1 is 0.636 bits per heavy atom. The first-order valence-electron chi connectivity index (χ1n) is 11.6. The quantitative estimate of drug-likeness (QED) is 0.415. The van der Waals surface area contributed by atoms with E-state index in [0.717, 1.165) is 23.1 Å². The predicted octanol–water partition coefficient (Wildman–Crippen LogP) is 4.89. The second kappa shape index (κ2) is 11.1. The molecule has 0 bridgehead atoms. The number of rotatable bonds is 10. The molecule has 3 aromatic carbocycles. The Labute approximate surface area is 195 Å². The minimum Gasteiger partial charge on any atom is -0.374 e. The molecule has 2 fully saturated rings. The van der Waals surface area contributed by atoms with Gasteiger partial charge in [-0.25, -0.2) is 0 Å². The minimum absolute atomic E-state index is 0.0488. The molecule has 0 N–H and O–H groups in total. The summed E-state index contributed by atoms with van der Waals surface area (Å²) in [4.78, 5) is 0. The van der Waals surface area contributed by atoms with Crippen LogP contribution < -0.4 is 0 Å². The van der Waals surface area contributed by atoms with Crippen molar-refractivity contribution in [2.24, 2.45) is 0 Å². The Kier molecular flexibility index (Phi) is 7.46. The van der Waals surface area contributed by atoms with E-state index in [1.165, 1.54) is 0 Å². The standard InChI is InChI=1S/C28H30O5/c1-4-10-21(11-5-1)17-29-20-26-27(31-19-23-14-8-3-9-15-23)24(16-25-28(32-25)33-26)30-18-22-12-6-2-7-13-22/h1-15,24-28H,16-20H2/t24-,25+,26-,27-,28-/m1/s1. The van der Waals surface area contributed by atoms with Crippen molar-refractivity contribution in [3.05, 3.63) is 108 Å². The first kappa shape index (κ1) is 22.3. The number of hydrogen-bond acceptors (Lipinski definition) is 5. The molecule has 5 atom stereocenters. The van der Waals surface area contributed by atoms with Crippen LogP contribution in [0, 0.1) is 0 Å². The van der Waals surface area contributed by atoms with Gasteiger partial charge in [0.2, 0.25) is 0 Å². The molecule has 2 heterocycles. The number of hydrogen-bond donors (Lipinski definition) is 0. The molecular formula is C28H30O5. The van der Waals surface area contributed by atoms with Crippen LogP contribution in [0.5, 0.6) is 0 Å². The molecule has 3 aromatic rings. The van der Waals surface area contributed by atoms with Gasteiger partial charge in [-0.05, 0) is 16.7 Å². The molecule has 0 spiro atoms. The van der Waals surface area contributed by atoms with Crippen LogP contribution in [0.1, 0.15) is 23.1 Å². The summed E-state index contributed by atoms with van der Waals surface area (Å²) in [5.74, 6) is 0. The van der Waals surface area contributed by atoms with Gasteiger partial charge in [-0.2, -0.15) is 0 Å². The average Bonchev–Trinajstić information content (AvgIpc) is 3.62. The van der Waals surface area contributed by atoms with Gasteiger partial charge in [-0.15, -0.1) is 0 Å². The molecule has 0 unspecified atom stereocenters. The maximum atomic E-state index is 6.45. The van der Waals surface area contributed by atoms with Gasteiger partial charge in [-0.3, -0.25) is 0 Å². The highest BCUT2D eigenvalue weighted by atomic mass is 16.8. The molecule has 0 aromatic heterocycles. The SMILES string of the molecule is c1ccc(COC[C@H]2O[C@H]3O[C@H]3C[C@@H](OCc3ccccc3)[C@H]2OCc2ccccc2)cc1. The van der Waals surface area contributed by atoms with Crippen LogP contribution in [0.3, 0.4) is 0 Å². The molecule has 0 aliphatic carbocycles. The van der Waals surface area contributed by atoms with Crippen LogP contribution in [0.2, 0.25) is 0 Å². The Morgan fingerprint density at radius 3 is 1.79 bits per heavy atom. The maximum absolute atomic E-state index is 6.45. The highest BCUT2D eigenvalue weighted by Gasteiger charge is 2.51. The van der Waals surface area contributed by atoms with E-state index in [4.69, 9.17) is 23.7 Å². The summed E-state index contributed by atoms with van der Waals surface area (Å²) < 4.78 is 30.9. The van der Waals surface area contributed by atoms with E-state index in [0.29, 0.717) is 26.4 Å². The van der Waals surface area contributed by atoms with E-state index in [-0.39, 0.29) is 30.7 Å². The van der Waals surface area contributed by atoms with Crippen LogP contribution >= 0.6 is 0 Å². The fourth-order valence-corrected chi connectivity index (χ4v) is 4.19. The number of ether oxygens (including phenoxy) is 5. The fraction of sp³-hybridized carbons (Fsp3) is 0.357. The summed E-state index contributed by atoms with van der Waals surface area (Å²) in [6.07, 6.45) is -0.115. The highest BCUT2D eigenvalue weighted by molar-refractivity contribution is 5.15. The minimum atomic E-state index is -0.282. The smallest absolute Gasteiger partial charge is 0.185 e. The third-order valence-electron chi connectivity index (χ3n) is 6.03. The molecule has 2 saturated heterocycles. The lowest BCUT2D eigenvalue weighted by Gasteiger charge is -2.32. The second-order valence-electron chi connectivity index (χ2n) is 8.55. The van der Waals surface area contributed by atoms with Crippen LogP contribution in [-0.4, -0.2) is 37.3 Å². The van der Waals surface area contributed by atoms with E-state index in [1.54, 1.807) is 0 Å². The van der Waals surface area contributed by atoms with Crippen LogP contribution in [0.4, 0.5) is 0 Å². The molecule has 5 heteroatoms. The number of fused-ring (bicyclic) bond motifs is 1. The van der Waals surface area contributed by atoms with Crippen molar-refractivity contribution < 1.29 is 23.7 Å². The molecule has 172 valence electrons. The topological polar surface area (TPSA) is 49.5 Å². The van der Waals surface area contributed by atoms with Gasteiger partial charge >= 0.3 is 0 Å². The van der Waals surface area contributed by atoms with E-state index < -0.39 is 0 Å². The van der Waals surface area contributed by atoms with E-state index in [2.05, 4.69) is 36.4 Å². The summed E-state index contributed by atoms with van der Waals surface area (Å²) in [6, 6.07) is 30.6. The van der Waals surface area contributed by atoms with Crippen molar-refractivity contribution in [1.29, 1.82) is 0 Å². The van der Waals surface area contributed by atoms with E-state index in [1.807, 2.05) is 54.6 Å². The lowest BCUT2D eigenvalue weighted by molar-refractivity contribution is -0.174. The van der Waals surface area contributed by atoms with Gasteiger partial charge in [-0.1, -0.05) is 91.0 Å². The largest absolute Gasteiger partial charge is 0.374 e. The molecule has 0 amide bonds. The number of benzene rings is 3. The fourth-order valence-electron chi connectivity index (χ4n) is 4.19. The third-order valence-corrected chi connectivity index (χ3v) is 6.03. The molecule has 0 saturated carbocycles. The maximum Gasteiger partial charge on any atom is 0.185 e. The lowest BCUT2D eigenvalue weighted by atomic mass is 10.0. The molecule has 2 aliphatic heterocycles. The Bertz CT molecular complexity index is 965. The molecular weight excluding hydrogens is 416 g/mol. The van der Waals surface area contributed by atoms with Crippen molar-refractivity contribution in [3.63, 3.8) is 0 Å². The monoisotopic (exact) mass is 446 g/mol. The Balaban J connectivity index is 1.28. The normalized spacial score (nSPS) is 26.4. The zero-order chi connectivity index (χ0) is 22.3. The zero-order valence-corrected chi connectivity index (χ0v) is 18.6. The summed E-state index contributed by atoms with van der Waals surface area (Å²) in [7, 11) is 0.